The lowest BCUT2D eigenvalue weighted by Gasteiger charge is -2.16. The molecular weight excluding hydrogens is 375 g/mol. The summed E-state index contributed by atoms with van der Waals surface area (Å²) in [6, 6.07) is 17.3. The van der Waals surface area contributed by atoms with Crippen LogP contribution in [-0.4, -0.2) is 13.9 Å². The standard InChI is InChI=1S/C23H26Cl2N2/c1-15(2)12-17-8-10-18(11-9-17)16(3)22-26-20-6-4-5-7-21(20)27(22)14-19-13-23(19,24)25/h4-11,15-16,19H,12-14H2,1-3H3/t16-,19+/m1/s1. The number of nitrogens with zero attached hydrogens (tertiary/aromatic N) is 2. The van der Waals surface area contributed by atoms with E-state index in [0.29, 0.717) is 5.92 Å². The van der Waals surface area contributed by atoms with Gasteiger partial charge in [-0.1, -0.05) is 57.2 Å². The zero-order valence-corrected chi connectivity index (χ0v) is 17.6. The van der Waals surface area contributed by atoms with E-state index in [1.54, 1.807) is 0 Å². The molecule has 0 bridgehead atoms. The predicted molar refractivity (Wildman–Crippen MR) is 115 cm³/mol. The number of imidazole rings is 1. The summed E-state index contributed by atoms with van der Waals surface area (Å²) in [5, 5.41) is 0. The molecule has 2 nitrogen and oxygen atoms in total. The number of alkyl halides is 2. The second kappa shape index (κ2) is 7.14. The van der Waals surface area contributed by atoms with Gasteiger partial charge >= 0.3 is 0 Å². The summed E-state index contributed by atoms with van der Waals surface area (Å²) in [5.74, 6) is 2.26. The minimum atomic E-state index is -0.579. The van der Waals surface area contributed by atoms with Gasteiger partial charge in [0.2, 0.25) is 0 Å². The van der Waals surface area contributed by atoms with Gasteiger partial charge in [0.25, 0.3) is 0 Å². The molecule has 4 rings (SSSR count). The Morgan fingerprint density at radius 3 is 2.37 bits per heavy atom. The molecule has 0 N–H and O–H groups in total. The largest absolute Gasteiger partial charge is 0.327 e. The third-order valence-corrected chi connectivity index (χ3v) is 6.48. The molecule has 1 fully saturated rings. The molecule has 0 saturated heterocycles. The van der Waals surface area contributed by atoms with Crippen molar-refractivity contribution in [2.24, 2.45) is 11.8 Å². The van der Waals surface area contributed by atoms with Crippen LogP contribution in [0.1, 0.15) is 50.1 Å². The molecule has 0 aliphatic heterocycles. The first-order valence-electron chi connectivity index (χ1n) is 9.77. The Hall–Kier alpha value is -1.51. The van der Waals surface area contributed by atoms with Crippen molar-refractivity contribution in [3.63, 3.8) is 0 Å². The Morgan fingerprint density at radius 1 is 1.07 bits per heavy atom. The van der Waals surface area contributed by atoms with Crippen LogP contribution in [0.3, 0.4) is 0 Å². The minimum absolute atomic E-state index is 0.212. The fourth-order valence-electron chi connectivity index (χ4n) is 3.87. The van der Waals surface area contributed by atoms with Gasteiger partial charge in [-0.2, -0.15) is 0 Å². The van der Waals surface area contributed by atoms with Crippen LogP contribution >= 0.6 is 23.2 Å². The van der Waals surface area contributed by atoms with Crippen molar-refractivity contribution >= 4 is 34.2 Å². The van der Waals surface area contributed by atoms with Crippen LogP contribution in [-0.2, 0) is 13.0 Å². The quantitative estimate of drug-likeness (QED) is 0.427. The smallest absolute Gasteiger partial charge is 0.123 e. The average Bonchev–Trinajstić information content (AvgIpc) is 3.07. The molecule has 1 aliphatic carbocycles. The normalized spacial score (nSPS) is 19.6. The highest BCUT2D eigenvalue weighted by atomic mass is 35.5. The van der Waals surface area contributed by atoms with Crippen molar-refractivity contribution in [1.29, 1.82) is 0 Å². The highest BCUT2D eigenvalue weighted by Crippen LogP contribution is 2.54. The Labute approximate surface area is 171 Å². The van der Waals surface area contributed by atoms with E-state index in [2.05, 4.69) is 67.8 Å². The maximum Gasteiger partial charge on any atom is 0.123 e. The maximum absolute atomic E-state index is 6.31. The topological polar surface area (TPSA) is 17.8 Å². The fraction of sp³-hybridized carbons (Fsp3) is 0.435. The summed E-state index contributed by atoms with van der Waals surface area (Å²) in [5.41, 5.74) is 4.87. The molecule has 2 aromatic carbocycles. The number of fused-ring (bicyclic) bond motifs is 1. The first-order valence-corrected chi connectivity index (χ1v) is 10.5. The third kappa shape index (κ3) is 3.88. The van der Waals surface area contributed by atoms with Crippen LogP contribution in [0.5, 0.6) is 0 Å². The second-order valence-electron chi connectivity index (χ2n) is 8.29. The van der Waals surface area contributed by atoms with E-state index in [-0.39, 0.29) is 11.8 Å². The Bertz CT molecular complexity index is 941. The second-order valence-corrected chi connectivity index (χ2v) is 9.84. The number of benzene rings is 2. The van der Waals surface area contributed by atoms with Crippen LogP contribution in [0.2, 0.25) is 0 Å². The van der Waals surface area contributed by atoms with E-state index < -0.39 is 4.33 Å². The third-order valence-electron chi connectivity index (χ3n) is 5.55. The average molecular weight is 401 g/mol. The summed E-state index contributed by atoms with van der Waals surface area (Å²) < 4.78 is 1.74. The van der Waals surface area contributed by atoms with Crippen molar-refractivity contribution in [2.75, 3.05) is 0 Å². The van der Waals surface area contributed by atoms with E-state index in [0.717, 1.165) is 36.2 Å². The lowest BCUT2D eigenvalue weighted by atomic mass is 9.96. The molecule has 1 aromatic heterocycles. The maximum atomic E-state index is 6.31. The van der Waals surface area contributed by atoms with Gasteiger partial charge in [-0.3, -0.25) is 0 Å². The van der Waals surface area contributed by atoms with Gasteiger partial charge in [0, 0.05) is 18.4 Å². The van der Waals surface area contributed by atoms with Crippen LogP contribution in [0.15, 0.2) is 48.5 Å². The van der Waals surface area contributed by atoms with Crippen molar-refractivity contribution < 1.29 is 0 Å². The SMILES string of the molecule is CC(C)Cc1ccc([C@@H](C)c2nc3ccccc3n2C[C@@H]2CC2(Cl)Cl)cc1. The lowest BCUT2D eigenvalue weighted by molar-refractivity contribution is 0.593. The van der Waals surface area contributed by atoms with E-state index in [1.807, 2.05) is 6.07 Å². The van der Waals surface area contributed by atoms with Crippen molar-refractivity contribution in [1.82, 2.24) is 9.55 Å². The summed E-state index contributed by atoms with van der Waals surface area (Å²) in [7, 11) is 0. The Morgan fingerprint density at radius 2 is 1.74 bits per heavy atom. The van der Waals surface area contributed by atoms with E-state index in [4.69, 9.17) is 28.2 Å². The van der Waals surface area contributed by atoms with Crippen molar-refractivity contribution in [2.45, 2.75) is 50.4 Å². The molecule has 27 heavy (non-hydrogen) atoms. The summed E-state index contributed by atoms with van der Waals surface area (Å²) in [6.45, 7) is 7.56. The minimum Gasteiger partial charge on any atom is -0.327 e. The van der Waals surface area contributed by atoms with Crippen molar-refractivity contribution in [3.05, 3.63) is 65.5 Å². The molecule has 0 unspecified atom stereocenters. The summed E-state index contributed by atoms with van der Waals surface area (Å²) >= 11 is 12.6. The van der Waals surface area contributed by atoms with Crippen molar-refractivity contribution in [3.8, 4) is 0 Å². The van der Waals surface area contributed by atoms with Gasteiger partial charge in [0.05, 0.1) is 11.0 Å². The highest BCUT2D eigenvalue weighted by Gasteiger charge is 2.51. The zero-order chi connectivity index (χ0) is 19.2. The molecule has 1 aliphatic rings. The molecule has 3 aromatic rings. The number of hydrogen-bond acceptors (Lipinski definition) is 1. The van der Waals surface area contributed by atoms with E-state index in [9.17, 15) is 0 Å². The molecule has 0 amide bonds. The molecule has 0 spiro atoms. The van der Waals surface area contributed by atoms with Crippen LogP contribution < -0.4 is 0 Å². The molecule has 1 saturated carbocycles. The fourth-order valence-corrected chi connectivity index (χ4v) is 4.38. The van der Waals surface area contributed by atoms with Crippen LogP contribution in [0, 0.1) is 11.8 Å². The highest BCUT2D eigenvalue weighted by molar-refractivity contribution is 6.50. The van der Waals surface area contributed by atoms with Gasteiger partial charge in [0.15, 0.2) is 0 Å². The Kier molecular flexibility index (Phi) is 4.98. The summed E-state index contributed by atoms with van der Waals surface area (Å²) in [4.78, 5) is 4.97. The first-order chi connectivity index (χ1) is 12.8. The van der Waals surface area contributed by atoms with Crippen LogP contribution in [0.4, 0.5) is 0 Å². The number of rotatable bonds is 6. The molecule has 4 heteroatoms. The van der Waals surface area contributed by atoms with Gasteiger partial charge in [0.1, 0.15) is 10.2 Å². The molecule has 0 radical (unpaired) electrons. The van der Waals surface area contributed by atoms with E-state index >= 15 is 0 Å². The first kappa shape index (κ1) is 18.8. The molecule has 142 valence electrons. The van der Waals surface area contributed by atoms with Gasteiger partial charge < -0.3 is 4.57 Å². The van der Waals surface area contributed by atoms with Gasteiger partial charge in [-0.05, 0) is 42.0 Å². The number of aromatic nitrogens is 2. The number of para-hydroxylation sites is 2. The number of hydrogen-bond donors (Lipinski definition) is 0. The van der Waals surface area contributed by atoms with E-state index in [1.165, 1.54) is 11.1 Å². The predicted octanol–water partition coefficient (Wildman–Crippen LogP) is 6.58. The van der Waals surface area contributed by atoms with Gasteiger partial charge in [-0.25, -0.2) is 4.98 Å². The molecule has 1 heterocycles. The summed E-state index contributed by atoms with van der Waals surface area (Å²) in [6.07, 6.45) is 1.96. The number of halogens is 2. The Balaban J connectivity index is 1.67. The van der Waals surface area contributed by atoms with Gasteiger partial charge in [-0.15, -0.1) is 23.2 Å². The monoisotopic (exact) mass is 400 g/mol. The zero-order valence-electron chi connectivity index (χ0n) is 16.1. The molecule has 2 atom stereocenters. The molecular formula is C23H26Cl2N2. The lowest BCUT2D eigenvalue weighted by Crippen LogP contribution is -2.11. The van der Waals surface area contributed by atoms with Crippen LogP contribution in [0.25, 0.3) is 11.0 Å².